The van der Waals surface area contributed by atoms with Crippen molar-refractivity contribution in [3.8, 4) is 0 Å². The van der Waals surface area contributed by atoms with Crippen LogP contribution < -0.4 is 16.0 Å². The molecule has 1 saturated heterocycles. The van der Waals surface area contributed by atoms with Gasteiger partial charge in [-0.05, 0) is 64.0 Å². The third-order valence-corrected chi connectivity index (χ3v) is 8.51. The molecule has 1 fully saturated rings. The van der Waals surface area contributed by atoms with Gasteiger partial charge in [-0.25, -0.2) is 14.8 Å². The maximum Gasteiger partial charge on any atom is 0.407 e. The van der Waals surface area contributed by atoms with Gasteiger partial charge in [0.25, 0.3) is 5.91 Å². The number of unbranched alkanes of at least 4 members (excludes halogenated alkanes) is 4. The second-order valence-corrected chi connectivity index (χ2v) is 13.7. The van der Waals surface area contributed by atoms with Gasteiger partial charge in [-0.3, -0.25) is 14.5 Å². The van der Waals surface area contributed by atoms with Crippen molar-refractivity contribution < 1.29 is 24.2 Å². The van der Waals surface area contributed by atoms with Gasteiger partial charge in [0.2, 0.25) is 5.91 Å². The van der Waals surface area contributed by atoms with E-state index in [9.17, 15) is 19.5 Å². The number of hydrogen-bond donors (Lipinski definition) is 4. The highest BCUT2D eigenvalue weighted by molar-refractivity contribution is 5.92. The van der Waals surface area contributed by atoms with Crippen molar-refractivity contribution in [2.45, 2.75) is 103 Å². The van der Waals surface area contributed by atoms with Crippen LogP contribution in [0.25, 0.3) is 0 Å². The lowest BCUT2D eigenvalue weighted by molar-refractivity contribution is -0.132. The highest BCUT2D eigenvalue weighted by atomic mass is 16.6. The summed E-state index contributed by atoms with van der Waals surface area (Å²) >= 11 is 0. The summed E-state index contributed by atoms with van der Waals surface area (Å²) in [6, 6.07) is 10.2. The fourth-order valence-corrected chi connectivity index (χ4v) is 6.01. The van der Waals surface area contributed by atoms with Gasteiger partial charge in [0, 0.05) is 64.3 Å². The molecule has 2 aromatic rings. The van der Waals surface area contributed by atoms with Crippen LogP contribution in [0.15, 0.2) is 36.7 Å². The van der Waals surface area contributed by atoms with Gasteiger partial charge in [0.1, 0.15) is 23.4 Å². The molecule has 1 atom stereocenters. The van der Waals surface area contributed by atoms with E-state index in [2.05, 4.69) is 49.0 Å². The minimum atomic E-state index is -0.684. The molecule has 0 spiro atoms. The first-order chi connectivity index (χ1) is 22.6. The smallest absolute Gasteiger partial charge is 0.407 e. The predicted octanol–water partition coefficient (Wildman–Crippen LogP) is 3.89. The Morgan fingerprint density at radius 1 is 0.979 bits per heavy atom. The maximum atomic E-state index is 12.8. The second-order valence-electron chi connectivity index (χ2n) is 13.7. The number of piperidine rings is 1. The molecule has 12 nitrogen and oxygen atoms in total. The Hall–Kier alpha value is -3.77. The minimum Gasteiger partial charge on any atom is -0.444 e. The summed E-state index contributed by atoms with van der Waals surface area (Å²) in [5, 5.41) is 19.6. The van der Waals surface area contributed by atoms with Crippen LogP contribution in [-0.2, 0) is 22.5 Å². The fraction of sp³-hybridized carbons (Fsp3) is 0.629. The molecule has 2 aliphatic rings. The number of likely N-dealkylation sites (tertiary alicyclic amines) is 1. The first-order valence-electron chi connectivity index (χ1n) is 17.1. The van der Waals surface area contributed by atoms with E-state index >= 15 is 0 Å². The number of β-amino-alcohol motifs (C(OH)–C–C–N with tert-alkyl or cyclic N) is 1. The topological polar surface area (TPSA) is 149 Å². The van der Waals surface area contributed by atoms with Crippen molar-refractivity contribution in [2.75, 3.05) is 44.6 Å². The number of hydrogen-bond acceptors (Lipinski definition) is 9. The molecule has 3 amide bonds. The number of nitrogens with one attached hydrogen (secondary N) is 3. The van der Waals surface area contributed by atoms with Crippen LogP contribution in [0, 0.1) is 0 Å². The van der Waals surface area contributed by atoms with Crippen molar-refractivity contribution in [1.29, 1.82) is 0 Å². The van der Waals surface area contributed by atoms with E-state index in [1.54, 1.807) is 6.07 Å². The minimum absolute atomic E-state index is 0.142. The molecule has 258 valence electrons. The van der Waals surface area contributed by atoms with Crippen LogP contribution in [0.2, 0.25) is 0 Å². The molecule has 0 aliphatic carbocycles. The van der Waals surface area contributed by atoms with E-state index < -0.39 is 11.7 Å². The number of aromatic nitrogens is 2. The molecule has 4 N–H and O–H groups in total. The van der Waals surface area contributed by atoms with Crippen LogP contribution in [0.5, 0.6) is 0 Å². The van der Waals surface area contributed by atoms with Gasteiger partial charge >= 0.3 is 6.09 Å². The first-order valence-corrected chi connectivity index (χ1v) is 17.1. The van der Waals surface area contributed by atoms with Gasteiger partial charge < -0.3 is 30.7 Å². The van der Waals surface area contributed by atoms with Gasteiger partial charge in [0.15, 0.2) is 0 Å². The lowest BCUT2D eigenvalue weighted by atomic mass is 10.00. The maximum absolute atomic E-state index is 12.8. The zero-order valence-corrected chi connectivity index (χ0v) is 28.3. The Morgan fingerprint density at radius 3 is 2.47 bits per heavy atom. The van der Waals surface area contributed by atoms with Gasteiger partial charge in [-0.2, -0.15) is 0 Å². The summed E-state index contributed by atoms with van der Waals surface area (Å²) in [7, 11) is 0. The Balaban J connectivity index is 1.07. The number of alkyl carbamates (subject to hydrolysis) is 1. The number of anilines is 1. The second kappa shape index (κ2) is 18.0. The van der Waals surface area contributed by atoms with Gasteiger partial charge in [-0.1, -0.05) is 43.5 Å². The molecule has 3 heterocycles. The lowest BCUT2D eigenvalue weighted by Gasteiger charge is -2.32. The quantitative estimate of drug-likeness (QED) is 0.211. The number of fused-ring (bicyclic) bond motifs is 1. The molecule has 1 aromatic heterocycles. The zero-order chi connectivity index (χ0) is 33.6. The number of benzene rings is 1. The highest BCUT2D eigenvalue weighted by Crippen LogP contribution is 2.19. The average Bonchev–Trinajstić information content (AvgIpc) is 3.04. The summed E-state index contributed by atoms with van der Waals surface area (Å²) in [6.45, 7) is 9.82. The summed E-state index contributed by atoms with van der Waals surface area (Å²) in [5.74, 6) is 0.420. The number of aliphatic hydroxyl groups excluding tert-OH is 1. The van der Waals surface area contributed by atoms with Crippen LogP contribution in [0.1, 0.15) is 93.8 Å². The standard InChI is InChI=1S/C35H53N7O5/c1-35(2,3)47-34(46)36-17-10-6-4-5-7-13-32(44)42-19-15-28(16-20-42)40-31-21-30(38-25-39-31)33(45)37-22-29(43)24-41-18-14-26-11-8-9-12-27(26)23-41/h8-9,11-12,21,25,28-29,43H,4-7,10,13-20,22-24H2,1-3H3,(H,36,46)(H,37,45)(H,38,39,40)/t29-/m0/s1. The summed E-state index contributed by atoms with van der Waals surface area (Å²) in [4.78, 5) is 49.8. The summed E-state index contributed by atoms with van der Waals surface area (Å²) in [6.07, 6.45) is 8.21. The number of carbonyl (C=O) groups is 3. The van der Waals surface area contributed by atoms with Crippen LogP contribution in [-0.4, -0.2) is 99.8 Å². The molecule has 2 aliphatic heterocycles. The molecule has 0 saturated carbocycles. The van der Waals surface area contributed by atoms with E-state index in [1.165, 1.54) is 17.5 Å². The van der Waals surface area contributed by atoms with Crippen LogP contribution in [0.4, 0.5) is 10.6 Å². The molecule has 12 heteroatoms. The van der Waals surface area contributed by atoms with Crippen molar-refractivity contribution in [2.24, 2.45) is 0 Å². The molecular weight excluding hydrogens is 598 g/mol. The van der Waals surface area contributed by atoms with E-state index in [1.807, 2.05) is 31.7 Å². The number of carbonyl (C=O) groups excluding carboxylic acids is 3. The SMILES string of the molecule is CC(C)(C)OC(=O)NCCCCCCCC(=O)N1CCC(Nc2cc(C(=O)NC[C@H](O)CN3CCc4ccccc4C3)ncn2)CC1. The number of amides is 3. The highest BCUT2D eigenvalue weighted by Gasteiger charge is 2.24. The van der Waals surface area contributed by atoms with Crippen molar-refractivity contribution >= 4 is 23.7 Å². The zero-order valence-electron chi connectivity index (χ0n) is 28.3. The normalized spacial score (nSPS) is 16.2. The Bertz CT molecular complexity index is 1310. The largest absolute Gasteiger partial charge is 0.444 e. The van der Waals surface area contributed by atoms with E-state index in [4.69, 9.17) is 4.74 Å². The Labute approximate surface area is 279 Å². The number of nitrogens with zero attached hydrogens (tertiary/aromatic N) is 4. The van der Waals surface area contributed by atoms with Crippen molar-refractivity contribution in [3.63, 3.8) is 0 Å². The number of ether oxygens (including phenoxy) is 1. The molecule has 0 unspecified atom stereocenters. The molecule has 0 radical (unpaired) electrons. The third-order valence-electron chi connectivity index (χ3n) is 8.51. The Morgan fingerprint density at radius 2 is 1.70 bits per heavy atom. The van der Waals surface area contributed by atoms with Gasteiger partial charge in [0.05, 0.1) is 6.10 Å². The molecule has 47 heavy (non-hydrogen) atoms. The summed E-state index contributed by atoms with van der Waals surface area (Å²) < 4.78 is 5.23. The van der Waals surface area contributed by atoms with Crippen molar-refractivity contribution in [1.82, 2.24) is 30.4 Å². The molecule has 0 bridgehead atoms. The van der Waals surface area contributed by atoms with Crippen LogP contribution >= 0.6 is 0 Å². The Kier molecular flexibility index (Phi) is 13.8. The van der Waals surface area contributed by atoms with Gasteiger partial charge in [-0.15, -0.1) is 0 Å². The monoisotopic (exact) mass is 651 g/mol. The number of aliphatic hydroxyl groups is 1. The van der Waals surface area contributed by atoms with E-state index in [0.29, 0.717) is 38.4 Å². The van der Waals surface area contributed by atoms with Crippen LogP contribution in [0.3, 0.4) is 0 Å². The average molecular weight is 652 g/mol. The van der Waals surface area contributed by atoms with Crippen molar-refractivity contribution in [3.05, 3.63) is 53.5 Å². The molecular formula is C35H53N7O5. The third kappa shape index (κ3) is 12.7. The first kappa shape index (κ1) is 36.1. The molecule has 4 rings (SSSR count). The van der Waals surface area contributed by atoms with E-state index in [0.717, 1.165) is 64.5 Å². The number of rotatable bonds is 15. The fourth-order valence-electron chi connectivity index (χ4n) is 6.01. The lowest BCUT2D eigenvalue weighted by Crippen LogP contribution is -2.42. The summed E-state index contributed by atoms with van der Waals surface area (Å²) in [5.41, 5.74) is 2.41. The van der Waals surface area contributed by atoms with E-state index in [-0.39, 0.29) is 36.2 Å². The predicted molar refractivity (Wildman–Crippen MR) is 181 cm³/mol. The molecule has 1 aromatic carbocycles.